The zero-order chi connectivity index (χ0) is 9.84. The smallest absolute Gasteiger partial charge is 0.0619 e. The second-order valence-electron chi connectivity index (χ2n) is 4.12. The Morgan fingerprint density at radius 2 is 2.15 bits per heavy atom. The maximum Gasteiger partial charge on any atom is 0.0619 e. The number of nitrogens with zero attached hydrogens (tertiary/aromatic N) is 1. The number of hydrogen-bond donors (Lipinski definition) is 1. The molecule has 1 heterocycles. The highest BCUT2D eigenvalue weighted by Gasteiger charge is 2.24. The minimum Gasteiger partial charge on any atom is -0.380 e. The van der Waals surface area contributed by atoms with Gasteiger partial charge in [0.15, 0.2) is 0 Å². The number of ether oxygens (including phenoxy) is 1. The Kier molecular flexibility index (Phi) is 4.16. The van der Waals surface area contributed by atoms with Crippen LogP contribution >= 0.6 is 0 Å². The lowest BCUT2D eigenvalue weighted by atomic mass is 10.1. The predicted molar refractivity (Wildman–Crippen MR) is 54.7 cm³/mol. The summed E-state index contributed by atoms with van der Waals surface area (Å²) in [5.41, 5.74) is 5.90. The van der Waals surface area contributed by atoms with Gasteiger partial charge in [-0.2, -0.15) is 0 Å². The van der Waals surface area contributed by atoms with Crippen LogP contribution in [0.4, 0.5) is 0 Å². The molecule has 0 amide bonds. The molecule has 0 aromatic carbocycles. The van der Waals surface area contributed by atoms with E-state index >= 15 is 0 Å². The van der Waals surface area contributed by atoms with E-state index in [-0.39, 0.29) is 6.04 Å². The highest BCUT2D eigenvalue weighted by molar-refractivity contribution is 4.80. The summed E-state index contributed by atoms with van der Waals surface area (Å²) in [6.07, 6.45) is 1.13. The Bertz CT molecular complexity index is 150. The molecule has 2 N–H and O–H groups in total. The van der Waals surface area contributed by atoms with Crippen molar-refractivity contribution in [1.29, 1.82) is 0 Å². The SMILES string of the molecule is CC(N)C(C)N1CCCOCC1C. The summed E-state index contributed by atoms with van der Waals surface area (Å²) < 4.78 is 5.48. The molecule has 3 nitrogen and oxygen atoms in total. The fourth-order valence-corrected chi connectivity index (χ4v) is 1.83. The van der Waals surface area contributed by atoms with E-state index in [4.69, 9.17) is 10.5 Å². The second kappa shape index (κ2) is 4.94. The molecule has 78 valence electrons. The van der Waals surface area contributed by atoms with Gasteiger partial charge in [0.25, 0.3) is 0 Å². The van der Waals surface area contributed by atoms with Gasteiger partial charge >= 0.3 is 0 Å². The first kappa shape index (κ1) is 11.0. The minimum absolute atomic E-state index is 0.237. The third-order valence-corrected chi connectivity index (χ3v) is 2.91. The van der Waals surface area contributed by atoms with Crippen molar-refractivity contribution in [2.24, 2.45) is 5.73 Å². The molecule has 1 saturated heterocycles. The van der Waals surface area contributed by atoms with Crippen LogP contribution < -0.4 is 5.73 Å². The van der Waals surface area contributed by atoms with E-state index in [0.29, 0.717) is 12.1 Å². The summed E-state index contributed by atoms with van der Waals surface area (Å²) in [7, 11) is 0. The summed E-state index contributed by atoms with van der Waals surface area (Å²) in [6, 6.07) is 1.20. The molecule has 3 atom stereocenters. The van der Waals surface area contributed by atoms with Crippen molar-refractivity contribution in [3.8, 4) is 0 Å². The van der Waals surface area contributed by atoms with E-state index in [0.717, 1.165) is 26.2 Å². The molecule has 13 heavy (non-hydrogen) atoms. The molecule has 3 unspecified atom stereocenters. The van der Waals surface area contributed by atoms with Gasteiger partial charge in [-0.25, -0.2) is 0 Å². The van der Waals surface area contributed by atoms with Crippen LogP contribution in [0, 0.1) is 0 Å². The molecule has 1 aliphatic heterocycles. The minimum atomic E-state index is 0.237. The topological polar surface area (TPSA) is 38.5 Å². The van der Waals surface area contributed by atoms with Crippen LogP contribution in [-0.2, 0) is 4.74 Å². The van der Waals surface area contributed by atoms with Crippen LogP contribution in [0.15, 0.2) is 0 Å². The highest BCUT2D eigenvalue weighted by atomic mass is 16.5. The third-order valence-electron chi connectivity index (χ3n) is 2.91. The van der Waals surface area contributed by atoms with Crippen LogP contribution in [0.1, 0.15) is 27.2 Å². The van der Waals surface area contributed by atoms with E-state index in [1.807, 2.05) is 0 Å². The number of hydrogen-bond acceptors (Lipinski definition) is 3. The molecule has 0 radical (unpaired) electrons. The maximum atomic E-state index is 5.90. The fourth-order valence-electron chi connectivity index (χ4n) is 1.83. The molecule has 0 aromatic rings. The first-order valence-corrected chi connectivity index (χ1v) is 5.22. The Balaban J connectivity index is 2.53. The van der Waals surface area contributed by atoms with Gasteiger partial charge in [0.1, 0.15) is 0 Å². The molecular formula is C10H22N2O. The number of rotatable bonds is 2. The van der Waals surface area contributed by atoms with Crippen LogP contribution in [0.5, 0.6) is 0 Å². The molecule has 0 aliphatic carbocycles. The van der Waals surface area contributed by atoms with E-state index in [2.05, 4.69) is 25.7 Å². The zero-order valence-electron chi connectivity index (χ0n) is 8.99. The van der Waals surface area contributed by atoms with Crippen LogP contribution in [0.25, 0.3) is 0 Å². The van der Waals surface area contributed by atoms with E-state index in [1.165, 1.54) is 0 Å². The van der Waals surface area contributed by atoms with Gasteiger partial charge in [0.05, 0.1) is 6.61 Å². The van der Waals surface area contributed by atoms with Gasteiger partial charge < -0.3 is 10.5 Å². The van der Waals surface area contributed by atoms with Crippen molar-refractivity contribution in [2.75, 3.05) is 19.8 Å². The average molecular weight is 186 g/mol. The molecule has 0 aromatic heterocycles. The molecule has 0 spiro atoms. The fraction of sp³-hybridized carbons (Fsp3) is 1.00. The normalized spacial score (nSPS) is 30.9. The van der Waals surface area contributed by atoms with Gasteiger partial charge in [-0.05, 0) is 27.2 Å². The highest BCUT2D eigenvalue weighted by Crippen LogP contribution is 2.12. The molecule has 3 heteroatoms. The third kappa shape index (κ3) is 2.93. The lowest BCUT2D eigenvalue weighted by Gasteiger charge is -2.34. The van der Waals surface area contributed by atoms with Crippen molar-refractivity contribution < 1.29 is 4.74 Å². The van der Waals surface area contributed by atoms with Crippen molar-refractivity contribution in [3.63, 3.8) is 0 Å². The Hall–Kier alpha value is -0.120. The molecule has 0 saturated carbocycles. The van der Waals surface area contributed by atoms with Crippen molar-refractivity contribution >= 4 is 0 Å². The largest absolute Gasteiger partial charge is 0.380 e. The van der Waals surface area contributed by atoms with Crippen LogP contribution in [0.2, 0.25) is 0 Å². The Morgan fingerprint density at radius 3 is 2.77 bits per heavy atom. The van der Waals surface area contributed by atoms with E-state index in [9.17, 15) is 0 Å². The van der Waals surface area contributed by atoms with Crippen LogP contribution in [0.3, 0.4) is 0 Å². The standard InChI is InChI=1S/C10H22N2O/c1-8-7-13-6-4-5-12(8)10(3)9(2)11/h8-10H,4-7,11H2,1-3H3. The summed E-state index contributed by atoms with van der Waals surface area (Å²) in [6.45, 7) is 9.34. The zero-order valence-corrected chi connectivity index (χ0v) is 8.99. The lowest BCUT2D eigenvalue weighted by Crippen LogP contribution is -2.49. The second-order valence-corrected chi connectivity index (χ2v) is 4.12. The van der Waals surface area contributed by atoms with Crippen molar-refractivity contribution in [2.45, 2.75) is 45.3 Å². The van der Waals surface area contributed by atoms with E-state index in [1.54, 1.807) is 0 Å². The van der Waals surface area contributed by atoms with Crippen molar-refractivity contribution in [1.82, 2.24) is 4.90 Å². The molecule has 0 bridgehead atoms. The summed E-state index contributed by atoms with van der Waals surface area (Å²) in [5.74, 6) is 0. The quantitative estimate of drug-likeness (QED) is 0.694. The summed E-state index contributed by atoms with van der Waals surface area (Å²) in [5, 5.41) is 0. The molecule has 1 fully saturated rings. The Morgan fingerprint density at radius 1 is 1.46 bits per heavy atom. The molecular weight excluding hydrogens is 164 g/mol. The van der Waals surface area contributed by atoms with Crippen LogP contribution in [-0.4, -0.2) is 42.8 Å². The Labute approximate surface area is 81.2 Å². The number of nitrogens with two attached hydrogens (primary N) is 1. The maximum absolute atomic E-state index is 5.90. The van der Waals surface area contributed by atoms with Gasteiger partial charge in [-0.1, -0.05) is 0 Å². The van der Waals surface area contributed by atoms with Gasteiger partial charge in [0, 0.05) is 31.3 Å². The predicted octanol–water partition coefficient (Wildman–Crippen LogP) is 0.833. The monoisotopic (exact) mass is 186 g/mol. The van der Waals surface area contributed by atoms with Crippen molar-refractivity contribution in [3.05, 3.63) is 0 Å². The van der Waals surface area contributed by atoms with Gasteiger partial charge in [0.2, 0.25) is 0 Å². The lowest BCUT2D eigenvalue weighted by molar-refractivity contribution is 0.0868. The first-order chi connectivity index (χ1) is 6.13. The van der Waals surface area contributed by atoms with E-state index < -0.39 is 0 Å². The average Bonchev–Trinajstić information content (AvgIpc) is 2.28. The molecule has 1 aliphatic rings. The van der Waals surface area contributed by atoms with Gasteiger partial charge in [-0.15, -0.1) is 0 Å². The summed E-state index contributed by atoms with van der Waals surface area (Å²) >= 11 is 0. The molecule has 1 rings (SSSR count). The van der Waals surface area contributed by atoms with Gasteiger partial charge in [-0.3, -0.25) is 4.90 Å². The summed E-state index contributed by atoms with van der Waals surface area (Å²) in [4.78, 5) is 2.46. The first-order valence-electron chi connectivity index (χ1n) is 5.22.